The normalized spacial score (nSPS) is 12.6. The minimum absolute atomic E-state index is 0.198. The molecule has 2 heterocycles. The highest BCUT2D eigenvalue weighted by atomic mass is 19.1. The first-order valence-corrected chi connectivity index (χ1v) is 12.5. The second-order valence-electron chi connectivity index (χ2n) is 8.85. The quantitative estimate of drug-likeness (QED) is 0.260. The minimum Gasteiger partial charge on any atom is -0.494 e. The predicted molar refractivity (Wildman–Crippen MR) is 144 cm³/mol. The molecule has 1 aromatic heterocycles. The number of halogens is 2. The Morgan fingerprint density at radius 2 is 1.79 bits per heavy atom. The highest BCUT2D eigenvalue weighted by Crippen LogP contribution is 2.34. The first kappa shape index (κ1) is 25.2. The molecule has 1 aliphatic heterocycles. The molecule has 0 atom stereocenters. The molecule has 0 fully saturated rings. The van der Waals surface area contributed by atoms with Crippen molar-refractivity contribution in [2.24, 2.45) is 4.99 Å². The Labute approximate surface area is 219 Å². The number of carbonyl (C=O) groups excluding carboxylic acids is 1. The Bertz CT molecular complexity index is 1550. The summed E-state index contributed by atoms with van der Waals surface area (Å²) in [6.45, 7) is 2.78. The van der Waals surface area contributed by atoms with E-state index in [1.807, 2.05) is 13.0 Å². The maximum Gasteiger partial charge on any atom is 0.251 e. The van der Waals surface area contributed by atoms with E-state index in [4.69, 9.17) is 14.7 Å². The predicted octanol–water partition coefficient (Wildman–Crippen LogP) is 6.51. The van der Waals surface area contributed by atoms with Crippen molar-refractivity contribution in [2.75, 3.05) is 13.2 Å². The molecular formula is C30H26F2N4O2. The average Bonchev–Trinajstić information content (AvgIpc) is 3.45. The molecule has 1 aliphatic rings. The summed E-state index contributed by atoms with van der Waals surface area (Å²) in [5, 5.41) is 2.93. The van der Waals surface area contributed by atoms with Crippen LogP contribution in [0.2, 0.25) is 0 Å². The van der Waals surface area contributed by atoms with Gasteiger partial charge in [-0.1, -0.05) is 6.08 Å². The van der Waals surface area contributed by atoms with Gasteiger partial charge in [0.2, 0.25) is 0 Å². The fraction of sp³-hybridized carbons (Fsp3) is 0.200. The number of hydrogen-bond acceptors (Lipinski definition) is 5. The fourth-order valence-electron chi connectivity index (χ4n) is 4.30. The van der Waals surface area contributed by atoms with Crippen molar-refractivity contribution in [3.8, 4) is 28.3 Å². The van der Waals surface area contributed by atoms with Crippen molar-refractivity contribution in [1.82, 2.24) is 15.3 Å². The second-order valence-corrected chi connectivity index (χ2v) is 8.85. The molecule has 0 bridgehead atoms. The summed E-state index contributed by atoms with van der Waals surface area (Å²) < 4.78 is 34.3. The molecule has 4 aromatic rings. The maximum absolute atomic E-state index is 15.1. The lowest BCUT2D eigenvalue weighted by Gasteiger charge is -2.13. The van der Waals surface area contributed by atoms with E-state index in [0.29, 0.717) is 46.8 Å². The van der Waals surface area contributed by atoms with Gasteiger partial charge >= 0.3 is 0 Å². The Morgan fingerprint density at radius 3 is 2.55 bits per heavy atom. The summed E-state index contributed by atoms with van der Waals surface area (Å²) in [5.41, 5.74) is 3.95. The first-order chi connectivity index (χ1) is 18.5. The van der Waals surface area contributed by atoms with Crippen molar-refractivity contribution in [3.05, 3.63) is 90.1 Å². The lowest BCUT2D eigenvalue weighted by molar-refractivity contribution is 0.0953. The third-order valence-electron chi connectivity index (χ3n) is 6.19. The van der Waals surface area contributed by atoms with Crippen LogP contribution in [0, 0.1) is 11.6 Å². The number of aliphatic imine (C=N–C) groups is 1. The molecular weight excluding hydrogens is 486 g/mol. The van der Waals surface area contributed by atoms with E-state index in [0.717, 1.165) is 25.0 Å². The number of nitrogens with zero attached hydrogens (tertiary/aromatic N) is 3. The van der Waals surface area contributed by atoms with Gasteiger partial charge in [0.05, 0.1) is 23.3 Å². The van der Waals surface area contributed by atoms with Crippen LogP contribution in [-0.2, 0) is 0 Å². The molecule has 5 rings (SSSR count). The lowest BCUT2D eigenvalue weighted by Crippen LogP contribution is -2.24. The van der Waals surface area contributed by atoms with Crippen molar-refractivity contribution >= 4 is 22.7 Å². The zero-order valence-electron chi connectivity index (χ0n) is 20.9. The van der Waals surface area contributed by atoms with Gasteiger partial charge in [-0.3, -0.25) is 9.79 Å². The van der Waals surface area contributed by atoms with E-state index in [2.05, 4.69) is 10.3 Å². The van der Waals surface area contributed by atoms with Crippen molar-refractivity contribution < 1.29 is 18.3 Å². The number of ether oxygens (including phenoxy) is 1. The highest BCUT2D eigenvalue weighted by molar-refractivity contribution is 5.98. The summed E-state index contributed by atoms with van der Waals surface area (Å²) in [5.74, 6) is -0.629. The van der Waals surface area contributed by atoms with Crippen LogP contribution < -0.4 is 10.1 Å². The smallest absolute Gasteiger partial charge is 0.251 e. The molecule has 3 aromatic carbocycles. The summed E-state index contributed by atoms with van der Waals surface area (Å²) >= 11 is 0. The molecule has 0 saturated carbocycles. The van der Waals surface area contributed by atoms with Gasteiger partial charge in [-0.2, -0.15) is 0 Å². The summed E-state index contributed by atoms with van der Waals surface area (Å²) in [6, 6.07) is 15.3. The van der Waals surface area contributed by atoms with E-state index in [-0.39, 0.29) is 17.2 Å². The molecule has 38 heavy (non-hydrogen) atoms. The van der Waals surface area contributed by atoms with Crippen LogP contribution in [0.4, 0.5) is 8.78 Å². The van der Waals surface area contributed by atoms with Gasteiger partial charge in [-0.15, -0.1) is 0 Å². The standard InChI is InChI=1S/C30H26F2N4O2/c1-2-38-23-12-13-25(32)24(18-23)29-28(19-7-10-21(31)11-8-19)35-26-14-9-20(17-27(26)36-29)30(37)34-16-4-6-22-5-3-15-33-22/h3,7-15,17-18H,2,4-6,16H2,1H3,(H,34,37). The largest absolute Gasteiger partial charge is 0.494 e. The van der Waals surface area contributed by atoms with Gasteiger partial charge in [-0.05, 0) is 80.4 Å². The van der Waals surface area contributed by atoms with Crippen LogP contribution in [0.25, 0.3) is 33.5 Å². The number of rotatable bonds is 9. The van der Waals surface area contributed by atoms with E-state index in [1.165, 1.54) is 18.2 Å². The van der Waals surface area contributed by atoms with Crippen LogP contribution in [0.1, 0.15) is 36.5 Å². The van der Waals surface area contributed by atoms with Crippen LogP contribution >= 0.6 is 0 Å². The number of hydrogen-bond donors (Lipinski definition) is 1. The van der Waals surface area contributed by atoms with Crippen molar-refractivity contribution in [1.29, 1.82) is 0 Å². The van der Waals surface area contributed by atoms with Crippen LogP contribution in [0.15, 0.2) is 77.9 Å². The number of fused-ring (bicyclic) bond motifs is 1. The number of aromatic nitrogens is 2. The minimum atomic E-state index is -0.499. The van der Waals surface area contributed by atoms with Gasteiger partial charge in [0.15, 0.2) is 0 Å². The van der Waals surface area contributed by atoms with Gasteiger partial charge < -0.3 is 10.1 Å². The van der Waals surface area contributed by atoms with E-state index >= 15 is 4.39 Å². The Balaban J connectivity index is 1.49. The maximum atomic E-state index is 15.1. The molecule has 0 aliphatic carbocycles. The number of allylic oxidation sites excluding steroid dienone is 1. The van der Waals surface area contributed by atoms with Gasteiger partial charge in [0.25, 0.3) is 5.91 Å². The Morgan fingerprint density at radius 1 is 0.974 bits per heavy atom. The van der Waals surface area contributed by atoms with Crippen molar-refractivity contribution in [3.63, 3.8) is 0 Å². The molecule has 1 amide bonds. The molecule has 0 unspecified atom stereocenters. The van der Waals surface area contributed by atoms with Crippen LogP contribution in [0.5, 0.6) is 5.75 Å². The van der Waals surface area contributed by atoms with Crippen molar-refractivity contribution in [2.45, 2.75) is 26.2 Å². The van der Waals surface area contributed by atoms with Crippen LogP contribution in [-0.4, -0.2) is 34.7 Å². The number of benzene rings is 3. The Kier molecular flexibility index (Phi) is 7.49. The van der Waals surface area contributed by atoms with E-state index in [1.54, 1.807) is 48.7 Å². The molecule has 8 heteroatoms. The fourth-order valence-corrected chi connectivity index (χ4v) is 4.30. The second kappa shape index (κ2) is 11.3. The number of carbonyl (C=O) groups is 1. The SMILES string of the molecule is CCOc1ccc(F)c(-c2nc3cc(C(=O)NCCCC4=NC=CC4)ccc3nc2-c2ccc(F)cc2)c1. The number of amides is 1. The third-order valence-corrected chi connectivity index (χ3v) is 6.19. The topological polar surface area (TPSA) is 76.5 Å². The third kappa shape index (κ3) is 5.59. The van der Waals surface area contributed by atoms with E-state index in [9.17, 15) is 9.18 Å². The summed E-state index contributed by atoms with van der Waals surface area (Å²) in [6.07, 6.45) is 6.31. The zero-order chi connectivity index (χ0) is 26.5. The monoisotopic (exact) mass is 512 g/mol. The van der Waals surface area contributed by atoms with E-state index < -0.39 is 11.6 Å². The molecule has 1 N–H and O–H groups in total. The molecule has 0 radical (unpaired) electrons. The molecule has 6 nitrogen and oxygen atoms in total. The highest BCUT2D eigenvalue weighted by Gasteiger charge is 2.18. The summed E-state index contributed by atoms with van der Waals surface area (Å²) in [4.78, 5) is 26.6. The molecule has 0 saturated heterocycles. The lowest BCUT2D eigenvalue weighted by atomic mass is 10.0. The van der Waals surface area contributed by atoms with Gasteiger partial charge in [0.1, 0.15) is 23.1 Å². The Hall–Kier alpha value is -4.46. The molecule has 192 valence electrons. The van der Waals surface area contributed by atoms with Gasteiger partial charge in [-0.25, -0.2) is 18.7 Å². The zero-order valence-corrected chi connectivity index (χ0v) is 20.9. The average molecular weight is 513 g/mol. The van der Waals surface area contributed by atoms with Gasteiger partial charge in [0, 0.05) is 41.6 Å². The first-order valence-electron chi connectivity index (χ1n) is 12.5. The summed E-state index contributed by atoms with van der Waals surface area (Å²) in [7, 11) is 0. The van der Waals surface area contributed by atoms with Crippen LogP contribution in [0.3, 0.4) is 0 Å². The molecule has 0 spiro atoms. The number of nitrogens with one attached hydrogen (secondary N) is 1.